The number of H-pyrrole nitrogens is 1. The quantitative estimate of drug-likeness (QED) is 0.870. The van der Waals surface area contributed by atoms with Gasteiger partial charge < -0.3 is 9.72 Å². The zero-order valence-corrected chi connectivity index (χ0v) is 11.6. The topological polar surface area (TPSA) is 79.5 Å². The van der Waals surface area contributed by atoms with Crippen LogP contribution in [-0.2, 0) is 14.8 Å². The summed E-state index contributed by atoms with van der Waals surface area (Å²) in [7, 11) is -1.97. The smallest absolute Gasteiger partial charge is 0.247 e. The van der Waals surface area contributed by atoms with Crippen LogP contribution in [0.3, 0.4) is 0 Å². The van der Waals surface area contributed by atoms with E-state index in [4.69, 9.17) is 4.74 Å². The van der Waals surface area contributed by atoms with Crippen molar-refractivity contribution in [2.45, 2.75) is 17.7 Å². The van der Waals surface area contributed by atoms with Crippen LogP contribution in [0.1, 0.15) is 12.8 Å². The van der Waals surface area contributed by atoms with E-state index in [1.54, 1.807) is 7.05 Å². The second-order valence-electron chi connectivity index (χ2n) is 4.73. The Bertz CT molecular complexity index is 555. The lowest BCUT2D eigenvalue weighted by Gasteiger charge is -2.26. The number of sulfonamides is 1. The minimum absolute atomic E-state index is 0.113. The van der Waals surface area contributed by atoms with E-state index in [1.165, 1.54) is 22.6 Å². The van der Waals surface area contributed by atoms with Crippen molar-refractivity contribution in [2.75, 3.05) is 26.8 Å². The molecule has 1 aliphatic heterocycles. The molecular formula is C12H18N2O4S. The van der Waals surface area contributed by atoms with E-state index in [0.717, 1.165) is 12.8 Å². The summed E-state index contributed by atoms with van der Waals surface area (Å²) in [5, 5.41) is 0. The van der Waals surface area contributed by atoms with E-state index in [2.05, 4.69) is 4.98 Å². The van der Waals surface area contributed by atoms with Crippen LogP contribution in [0.2, 0.25) is 0 Å². The summed E-state index contributed by atoms with van der Waals surface area (Å²) in [4.78, 5) is 13.5. The second kappa shape index (κ2) is 5.85. The summed E-state index contributed by atoms with van der Waals surface area (Å²) < 4.78 is 31.2. The highest BCUT2D eigenvalue weighted by Crippen LogP contribution is 2.19. The molecule has 0 amide bonds. The number of pyridine rings is 1. The molecule has 0 unspecified atom stereocenters. The van der Waals surface area contributed by atoms with Gasteiger partial charge in [0.25, 0.3) is 0 Å². The van der Waals surface area contributed by atoms with Crippen LogP contribution in [0.5, 0.6) is 0 Å². The van der Waals surface area contributed by atoms with E-state index in [0.29, 0.717) is 25.7 Å². The summed E-state index contributed by atoms with van der Waals surface area (Å²) in [5.41, 5.74) is -0.314. The lowest BCUT2D eigenvalue weighted by molar-refractivity contribution is 0.0620. The largest absolute Gasteiger partial charge is 0.381 e. The maximum absolute atomic E-state index is 12.3. The molecule has 0 atom stereocenters. The van der Waals surface area contributed by atoms with Crippen LogP contribution in [-0.4, -0.2) is 44.5 Å². The van der Waals surface area contributed by atoms with Gasteiger partial charge in [0.2, 0.25) is 15.6 Å². The molecule has 0 aliphatic carbocycles. The number of aromatic amines is 1. The molecule has 0 spiro atoms. The molecule has 0 saturated carbocycles. The van der Waals surface area contributed by atoms with Gasteiger partial charge in [-0.05, 0) is 24.8 Å². The Kier molecular flexibility index (Phi) is 4.38. The van der Waals surface area contributed by atoms with Crippen LogP contribution >= 0.6 is 0 Å². The van der Waals surface area contributed by atoms with Crippen molar-refractivity contribution >= 4 is 10.0 Å². The third-order valence-electron chi connectivity index (χ3n) is 3.32. The van der Waals surface area contributed by atoms with Crippen molar-refractivity contribution in [1.29, 1.82) is 0 Å². The first-order chi connectivity index (χ1) is 9.00. The van der Waals surface area contributed by atoms with E-state index in [-0.39, 0.29) is 10.5 Å². The molecule has 0 radical (unpaired) electrons. The molecule has 1 aromatic rings. The third kappa shape index (κ3) is 3.43. The Morgan fingerprint density at radius 3 is 2.63 bits per heavy atom. The molecule has 7 heteroatoms. The van der Waals surface area contributed by atoms with Gasteiger partial charge in [0.15, 0.2) is 0 Å². The van der Waals surface area contributed by atoms with Gasteiger partial charge in [0.1, 0.15) is 0 Å². The molecular weight excluding hydrogens is 268 g/mol. The molecule has 1 aliphatic rings. The predicted molar refractivity (Wildman–Crippen MR) is 70.4 cm³/mol. The molecule has 1 saturated heterocycles. The number of nitrogens with one attached hydrogen (secondary N) is 1. The second-order valence-corrected chi connectivity index (χ2v) is 6.77. The Balaban J connectivity index is 2.09. The highest BCUT2D eigenvalue weighted by molar-refractivity contribution is 7.89. The lowest BCUT2D eigenvalue weighted by atomic mass is 10.0. The van der Waals surface area contributed by atoms with Crippen molar-refractivity contribution in [1.82, 2.24) is 9.29 Å². The average molecular weight is 286 g/mol. The van der Waals surface area contributed by atoms with Gasteiger partial charge in [0.05, 0.1) is 4.90 Å². The number of hydrogen-bond acceptors (Lipinski definition) is 4. The van der Waals surface area contributed by atoms with Crippen LogP contribution < -0.4 is 5.56 Å². The van der Waals surface area contributed by atoms with Crippen molar-refractivity contribution in [3.63, 3.8) is 0 Å². The summed E-state index contributed by atoms with van der Waals surface area (Å²) in [6, 6.07) is 2.55. The number of nitrogens with zero attached hydrogens (tertiary/aromatic N) is 1. The highest BCUT2D eigenvalue weighted by atomic mass is 32.2. The van der Waals surface area contributed by atoms with Gasteiger partial charge in [0, 0.05) is 39.1 Å². The average Bonchev–Trinajstić information content (AvgIpc) is 2.40. The maximum Gasteiger partial charge on any atom is 0.247 e. The molecule has 2 heterocycles. The molecule has 106 valence electrons. The molecule has 1 fully saturated rings. The first-order valence-corrected chi connectivity index (χ1v) is 7.67. The molecule has 0 aromatic carbocycles. The van der Waals surface area contributed by atoms with Gasteiger partial charge >= 0.3 is 0 Å². The third-order valence-corrected chi connectivity index (χ3v) is 5.14. The molecule has 0 bridgehead atoms. The standard InChI is InChI=1S/C12H18N2O4S/c1-14(9-10-4-6-18-7-5-10)19(16,17)11-2-3-12(15)13-8-11/h2-3,8,10H,4-7,9H2,1H3,(H,13,15). The van der Waals surface area contributed by atoms with Crippen molar-refractivity contribution in [3.05, 3.63) is 28.7 Å². The monoisotopic (exact) mass is 286 g/mol. The van der Waals surface area contributed by atoms with Gasteiger partial charge in [-0.3, -0.25) is 4.79 Å². The van der Waals surface area contributed by atoms with Crippen LogP contribution in [0, 0.1) is 5.92 Å². The van der Waals surface area contributed by atoms with Crippen LogP contribution in [0.15, 0.2) is 28.0 Å². The minimum Gasteiger partial charge on any atom is -0.381 e. The van der Waals surface area contributed by atoms with E-state index >= 15 is 0 Å². The fraction of sp³-hybridized carbons (Fsp3) is 0.583. The first-order valence-electron chi connectivity index (χ1n) is 6.23. The molecule has 1 aromatic heterocycles. The van der Waals surface area contributed by atoms with Crippen molar-refractivity contribution in [3.8, 4) is 0 Å². The maximum atomic E-state index is 12.3. The summed E-state index contributed by atoms with van der Waals surface area (Å²) in [6.07, 6.45) is 3.00. The Morgan fingerprint density at radius 1 is 1.37 bits per heavy atom. The van der Waals surface area contributed by atoms with E-state index < -0.39 is 10.0 Å². The van der Waals surface area contributed by atoms with Gasteiger partial charge in [-0.2, -0.15) is 0 Å². The van der Waals surface area contributed by atoms with Gasteiger partial charge in [-0.1, -0.05) is 0 Å². The Hall–Kier alpha value is -1.18. The lowest BCUT2D eigenvalue weighted by Crippen LogP contribution is -2.34. The van der Waals surface area contributed by atoms with Gasteiger partial charge in [-0.15, -0.1) is 0 Å². The van der Waals surface area contributed by atoms with E-state index in [9.17, 15) is 13.2 Å². The summed E-state index contributed by atoms with van der Waals surface area (Å²) in [5.74, 6) is 0.330. The van der Waals surface area contributed by atoms with Crippen LogP contribution in [0.25, 0.3) is 0 Å². The Labute approximate surface area is 112 Å². The fourth-order valence-corrected chi connectivity index (χ4v) is 3.34. The van der Waals surface area contributed by atoms with Crippen LogP contribution in [0.4, 0.5) is 0 Å². The normalized spacial score (nSPS) is 17.8. The SMILES string of the molecule is CN(CC1CCOCC1)S(=O)(=O)c1ccc(=O)[nH]c1. The van der Waals surface area contributed by atoms with Crippen molar-refractivity contribution in [2.24, 2.45) is 5.92 Å². The number of aromatic nitrogens is 1. The summed E-state index contributed by atoms with van der Waals surface area (Å²) >= 11 is 0. The number of hydrogen-bond donors (Lipinski definition) is 1. The number of rotatable bonds is 4. The zero-order valence-electron chi connectivity index (χ0n) is 10.8. The number of ether oxygens (including phenoxy) is 1. The first kappa shape index (κ1) is 14.2. The fourth-order valence-electron chi connectivity index (χ4n) is 2.13. The van der Waals surface area contributed by atoms with Gasteiger partial charge in [-0.25, -0.2) is 12.7 Å². The molecule has 2 rings (SSSR count). The minimum atomic E-state index is -3.53. The summed E-state index contributed by atoms with van der Waals surface area (Å²) in [6.45, 7) is 1.86. The molecule has 6 nitrogen and oxygen atoms in total. The predicted octanol–water partition coefficient (Wildman–Crippen LogP) is 0.422. The highest BCUT2D eigenvalue weighted by Gasteiger charge is 2.25. The zero-order chi connectivity index (χ0) is 13.9. The molecule has 1 N–H and O–H groups in total. The van der Waals surface area contributed by atoms with E-state index in [1.807, 2.05) is 0 Å². The van der Waals surface area contributed by atoms with Crippen molar-refractivity contribution < 1.29 is 13.2 Å². The molecule has 19 heavy (non-hydrogen) atoms. The Morgan fingerprint density at radius 2 is 2.05 bits per heavy atom.